The van der Waals surface area contributed by atoms with Gasteiger partial charge in [-0.15, -0.1) is 11.6 Å². The summed E-state index contributed by atoms with van der Waals surface area (Å²) >= 11 is 5.75. The van der Waals surface area contributed by atoms with Crippen LogP contribution in [0.4, 0.5) is 0 Å². The fourth-order valence-electron chi connectivity index (χ4n) is 1.52. The fourth-order valence-corrected chi connectivity index (χ4v) is 2.56. The summed E-state index contributed by atoms with van der Waals surface area (Å²) in [6.07, 6.45) is 4.12. The van der Waals surface area contributed by atoms with E-state index >= 15 is 0 Å². The van der Waals surface area contributed by atoms with Gasteiger partial charge in [0.2, 0.25) is 15.0 Å². The van der Waals surface area contributed by atoms with Gasteiger partial charge < -0.3 is 8.98 Å². The lowest BCUT2D eigenvalue weighted by Gasteiger charge is -2.07. The van der Waals surface area contributed by atoms with Gasteiger partial charge in [-0.3, -0.25) is 0 Å². The molecule has 2 aromatic rings. The number of hydrogen-bond donors (Lipinski definition) is 0. The van der Waals surface area contributed by atoms with E-state index in [0.29, 0.717) is 18.0 Å². The molecule has 0 aliphatic carbocycles. The smallest absolute Gasteiger partial charge is 0.228 e. The molecule has 0 saturated carbocycles. The molecular formula is C10H11ClN2O3S. The van der Waals surface area contributed by atoms with Crippen molar-refractivity contribution >= 4 is 21.4 Å². The maximum atomic E-state index is 11.6. The molecule has 2 heterocycles. The van der Waals surface area contributed by atoms with E-state index in [4.69, 9.17) is 16.0 Å². The van der Waals surface area contributed by atoms with Crippen LogP contribution < -0.4 is 0 Å². The molecular weight excluding hydrogens is 264 g/mol. The molecule has 92 valence electrons. The van der Waals surface area contributed by atoms with Gasteiger partial charge in [-0.25, -0.2) is 13.4 Å². The second-order valence-corrected chi connectivity index (χ2v) is 5.78. The molecule has 2 rings (SSSR count). The van der Waals surface area contributed by atoms with Crippen molar-refractivity contribution in [2.75, 3.05) is 6.26 Å². The molecule has 0 aliphatic heterocycles. The maximum absolute atomic E-state index is 11.6. The molecule has 0 aromatic carbocycles. The van der Waals surface area contributed by atoms with Crippen LogP contribution in [0.25, 0.3) is 0 Å². The van der Waals surface area contributed by atoms with Crippen LogP contribution in [0.3, 0.4) is 0 Å². The summed E-state index contributed by atoms with van der Waals surface area (Å²) in [5.74, 6) is 0.850. The number of halogens is 1. The van der Waals surface area contributed by atoms with Crippen molar-refractivity contribution in [1.82, 2.24) is 9.55 Å². The Kier molecular flexibility index (Phi) is 3.26. The number of alkyl halides is 1. The summed E-state index contributed by atoms with van der Waals surface area (Å²) in [5.41, 5.74) is 0.642. The molecule has 0 bridgehead atoms. The Balaban J connectivity index is 2.46. The largest absolute Gasteiger partial charge is 0.467 e. The first kappa shape index (κ1) is 12.2. The molecule has 0 fully saturated rings. The SMILES string of the molecule is CS(=O)(=O)c1ncc(CCl)n1Cc1ccco1. The molecule has 0 atom stereocenters. The van der Waals surface area contributed by atoms with Crippen LogP contribution in [0.1, 0.15) is 11.5 Å². The molecule has 0 N–H and O–H groups in total. The Morgan fingerprint density at radius 1 is 1.53 bits per heavy atom. The second kappa shape index (κ2) is 4.54. The first-order valence-corrected chi connectivity index (χ1v) is 7.28. The number of imidazole rings is 1. The van der Waals surface area contributed by atoms with E-state index in [1.807, 2.05) is 0 Å². The van der Waals surface area contributed by atoms with Gasteiger partial charge in [0, 0.05) is 6.26 Å². The lowest BCUT2D eigenvalue weighted by molar-refractivity contribution is 0.477. The third-order valence-corrected chi connectivity index (χ3v) is 3.53. The Hall–Kier alpha value is -1.27. The van der Waals surface area contributed by atoms with E-state index in [2.05, 4.69) is 4.98 Å². The Morgan fingerprint density at radius 3 is 2.82 bits per heavy atom. The highest BCUT2D eigenvalue weighted by molar-refractivity contribution is 7.90. The van der Waals surface area contributed by atoms with Crippen LogP contribution >= 0.6 is 11.6 Å². The zero-order chi connectivity index (χ0) is 12.5. The van der Waals surface area contributed by atoms with Gasteiger partial charge in [-0.1, -0.05) is 0 Å². The minimum atomic E-state index is -3.37. The lowest BCUT2D eigenvalue weighted by Crippen LogP contribution is -2.11. The molecule has 5 nitrogen and oxygen atoms in total. The molecule has 0 amide bonds. The highest BCUT2D eigenvalue weighted by Crippen LogP contribution is 2.16. The van der Waals surface area contributed by atoms with Crippen molar-refractivity contribution in [3.05, 3.63) is 36.0 Å². The van der Waals surface area contributed by atoms with Crippen molar-refractivity contribution in [1.29, 1.82) is 0 Å². The molecule has 7 heteroatoms. The van der Waals surface area contributed by atoms with Gasteiger partial charge in [-0.2, -0.15) is 0 Å². The Labute approximate surface area is 104 Å². The van der Waals surface area contributed by atoms with Gasteiger partial charge in [-0.05, 0) is 12.1 Å². The first-order chi connectivity index (χ1) is 8.02. The summed E-state index contributed by atoms with van der Waals surface area (Å²) in [6, 6.07) is 3.51. The Morgan fingerprint density at radius 2 is 2.29 bits per heavy atom. The van der Waals surface area contributed by atoms with Crippen LogP contribution in [0.5, 0.6) is 0 Å². The van der Waals surface area contributed by atoms with Crippen molar-refractivity contribution < 1.29 is 12.8 Å². The average Bonchev–Trinajstić information content (AvgIpc) is 2.86. The average molecular weight is 275 g/mol. The molecule has 0 radical (unpaired) electrons. The minimum Gasteiger partial charge on any atom is -0.467 e. The van der Waals surface area contributed by atoms with Crippen LogP contribution in [0.2, 0.25) is 0 Å². The number of furan rings is 1. The van der Waals surface area contributed by atoms with Crippen molar-refractivity contribution in [2.24, 2.45) is 0 Å². The zero-order valence-corrected chi connectivity index (χ0v) is 10.7. The summed E-state index contributed by atoms with van der Waals surface area (Å²) in [7, 11) is -3.37. The van der Waals surface area contributed by atoms with Gasteiger partial charge in [0.25, 0.3) is 0 Å². The number of nitrogens with zero attached hydrogens (tertiary/aromatic N) is 2. The predicted molar refractivity (Wildman–Crippen MR) is 62.7 cm³/mol. The molecule has 0 saturated heterocycles. The van der Waals surface area contributed by atoms with Crippen LogP contribution in [-0.4, -0.2) is 24.2 Å². The lowest BCUT2D eigenvalue weighted by atomic mass is 10.4. The molecule has 2 aromatic heterocycles. The van der Waals surface area contributed by atoms with E-state index in [1.54, 1.807) is 16.7 Å². The highest BCUT2D eigenvalue weighted by Gasteiger charge is 2.19. The maximum Gasteiger partial charge on any atom is 0.228 e. The summed E-state index contributed by atoms with van der Waals surface area (Å²) in [6.45, 7) is 0.303. The standard InChI is InChI=1S/C10H11ClN2O3S/c1-17(14,15)10-12-6-8(5-11)13(10)7-9-3-2-4-16-9/h2-4,6H,5,7H2,1H3. The quantitative estimate of drug-likeness (QED) is 0.796. The van der Waals surface area contributed by atoms with Gasteiger partial charge >= 0.3 is 0 Å². The third-order valence-electron chi connectivity index (χ3n) is 2.26. The summed E-state index contributed by atoms with van der Waals surface area (Å²) in [4.78, 5) is 3.89. The van der Waals surface area contributed by atoms with Gasteiger partial charge in [0.05, 0.1) is 30.6 Å². The Bertz CT molecular complexity index is 602. The minimum absolute atomic E-state index is 0.00421. The number of sulfone groups is 1. The van der Waals surface area contributed by atoms with Crippen molar-refractivity contribution in [3.8, 4) is 0 Å². The highest BCUT2D eigenvalue weighted by atomic mass is 35.5. The van der Waals surface area contributed by atoms with E-state index in [1.165, 1.54) is 12.5 Å². The first-order valence-electron chi connectivity index (χ1n) is 4.85. The molecule has 0 unspecified atom stereocenters. The second-order valence-electron chi connectivity index (χ2n) is 3.60. The van der Waals surface area contributed by atoms with E-state index < -0.39 is 9.84 Å². The third kappa shape index (κ3) is 2.53. The monoisotopic (exact) mass is 274 g/mol. The topological polar surface area (TPSA) is 65.1 Å². The van der Waals surface area contributed by atoms with E-state index in [0.717, 1.165) is 6.26 Å². The molecule has 0 aliphatic rings. The van der Waals surface area contributed by atoms with E-state index in [-0.39, 0.29) is 11.0 Å². The fraction of sp³-hybridized carbons (Fsp3) is 0.300. The van der Waals surface area contributed by atoms with Crippen molar-refractivity contribution in [3.63, 3.8) is 0 Å². The van der Waals surface area contributed by atoms with Gasteiger partial charge in [0.1, 0.15) is 5.76 Å². The van der Waals surface area contributed by atoms with Crippen LogP contribution in [0, 0.1) is 0 Å². The van der Waals surface area contributed by atoms with Crippen LogP contribution in [0.15, 0.2) is 34.2 Å². The molecule has 0 spiro atoms. The van der Waals surface area contributed by atoms with Gasteiger partial charge in [0.15, 0.2) is 0 Å². The number of rotatable bonds is 4. The molecule has 17 heavy (non-hydrogen) atoms. The zero-order valence-electron chi connectivity index (χ0n) is 9.13. The predicted octanol–water partition coefficient (Wildman–Crippen LogP) is 1.67. The van der Waals surface area contributed by atoms with E-state index in [9.17, 15) is 8.42 Å². The van der Waals surface area contributed by atoms with Crippen LogP contribution in [-0.2, 0) is 22.3 Å². The number of aromatic nitrogens is 2. The number of hydrogen-bond acceptors (Lipinski definition) is 4. The summed E-state index contributed by atoms with van der Waals surface area (Å²) in [5, 5.41) is 0.00421. The normalized spacial score (nSPS) is 11.9. The summed E-state index contributed by atoms with van der Waals surface area (Å²) < 4.78 is 29.8. The van der Waals surface area contributed by atoms with Crippen molar-refractivity contribution in [2.45, 2.75) is 17.6 Å².